The molecule has 0 unspecified atom stereocenters. The fraction of sp³-hybridized carbons (Fsp3) is 0.294. The fourth-order valence-corrected chi connectivity index (χ4v) is 3.16. The molecule has 2 aromatic rings. The summed E-state index contributed by atoms with van der Waals surface area (Å²) in [6.45, 7) is 5.59. The third-order valence-corrected chi connectivity index (χ3v) is 4.66. The Bertz CT molecular complexity index is 659. The lowest BCUT2D eigenvalue weighted by Crippen LogP contribution is -2.38. The summed E-state index contributed by atoms with van der Waals surface area (Å²) < 4.78 is 0.935. The summed E-state index contributed by atoms with van der Waals surface area (Å²) in [5, 5.41) is 7.11. The van der Waals surface area contributed by atoms with Crippen LogP contribution in [-0.4, -0.2) is 30.0 Å². The van der Waals surface area contributed by atoms with Gasteiger partial charge in [-0.15, -0.1) is 24.8 Å². The Morgan fingerprint density at radius 3 is 2.60 bits per heavy atom. The molecule has 138 valence electrons. The normalized spacial score (nSPS) is 11.0. The first kappa shape index (κ1) is 24.2. The number of halogens is 3. The van der Waals surface area contributed by atoms with Crippen molar-refractivity contribution < 1.29 is 4.79 Å². The predicted octanol–water partition coefficient (Wildman–Crippen LogP) is 4.57. The fourth-order valence-electron chi connectivity index (χ4n) is 2.04. The largest absolute Gasteiger partial charge is 0.350 e. The molecule has 1 atom stereocenters. The maximum absolute atomic E-state index is 12.4. The average Bonchev–Trinajstić information content (AvgIpc) is 2.55. The van der Waals surface area contributed by atoms with Crippen LogP contribution >= 0.6 is 52.5 Å². The van der Waals surface area contributed by atoms with E-state index >= 15 is 0 Å². The SMILES string of the molecule is CCN[C@H](C)CNC(=O)c1ccccc1Sc1ccc(Br)cn1.Cl.Cl. The van der Waals surface area contributed by atoms with E-state index in [2.05, 4.69) is 45.4 Å². The van der Waals surface area contributed by atoms with Gasteiger partial charge in [0.15, 0.2) is 0 Å². The molecule has 2 N–H and O–H groups in total. The number of benzene rings is 1. The van der Waals surface area contributed by atoms with Gasteiger partial charge in [-0.2, -0.15) is 0 Å². The van der Waals surface area contributed by atoms with Gasteiger partial charge in [0, 0.05) is 28.2 Å². The lowest BCUT2D eigenvalue weighted by Gasteiger charge is -2.14. The Labute approximate surface area is 173 Å². The monoisotopic (exact) mass is 465 g/mol. The van der Waals surface area contributed by atoms with Crippen molar-refractivity contribution in [2.24, 2.45) is 0 Å². The Balaban J connectivity index is 0.00000288. The summed E-state index contributed by atoms with van der Waals surface area (Å²) >= 11 is 4.86. The van der Waals surface area contributed by atoms with E-state index in [1.54, 1.807) is 6.20 Å². The zero-order valence-electron chi connectivity index (χ0n) is 14.0. The summed E-state index contributed by atoms with van der Waals surface area (Å²) in [6.07, 6.45) is 1.75. The molecular formula is C17H22BrCl2N3OS. The first-order chi connectivity index (χ1) is 11.1. The second kappa shape index (κ2) is 12.5. The van der Waals surface area contributed by atoms with Crippen LogP contribution in [0, 0.1) is 0 Å². The smallest absolute Gasteiger partial charge is 0.252 e. The molecule has 1 aromatic carbocycles. The van der Waals surface area contributed by atoms with Crippen LogP contribution in [0.4, 0.5) is 0 Å². The minimum absolute atomic E-state index is 0. The van der Waals surface area contributed by atoms with Gasteiger partial charge in [-0.05, 0) is 53.7 Å². The Hall–Kier alpha value is -0.790. The summed E-state index contributed by atoms with van der Waals surface area (Å²) in [4.78, 5) is 17.7. The predicted molar refractivity (Wildman–Crippen MR) is 112 cm³/mol. The van der Waals surface area contributed by atoms with Crippen molar-refractivity contribution in [2.45, 2.75) is 29.8 Å². The van der Waals surface area contributed by atoms with Gasteiger partial charge in [0.1, 0.15) is 5.03 Å². The quantitative estimate of drug-likeness (QED) is 0.627. The lowest BCUT2D eigenvalue weighted by atomic mass is 10.2. The van der Waals surface area contributed by atoms with E-state index in [0.29, 0.717) is 12.1 Å². The van der Waals surface area contributed by atoms with Crippen molar-refractivity contribution in [3.63, 3.8) is 0 Å². The minimum atomic E-state index is -0.0602. The summed E-state index contributed by atoms with van der Waals surface area (Å²) in [6, 6.07) is 11.7. The molecule has 1 aromatic heterocycles. The molecule has 0 aliphatic rings. The number of amides is 1. The van der Waals surface area contributed by atoms with Crippen molar-refractivity contribution in [1.29, 1.82) is 0 Å². The Kier molecular flexibility index (Phi) is 12.1. The molecule has 1 heterocycles. The molecule has 8 heteroatoms. The number of hydrogen-bond donors (Lipinski definition) is 2. The first-order valence-corrected chi connectivity index (χ1v) is 9.11. The van der Waals surface area contributed by atoms with Crippen LogP contribution in [0.15, 0.2) is 57.0 Å². The highest BCUT2D eigenvalue weighted by molar-refractivity contribution is 9.10. The van der Waals surface area contributed by atoms with E-state index < -0.39 is 0 Å². The highest BCUT2D eigenvalue weighted by atomic mass is 79.9. The van der Waals surface area contributed by atoms with Gasteiger partial charge in [0.25, 0.3) is 5.91 Å². The van der Waals surface area contributed by atoms with Gasteiger partial charge in [-0.3, -0.25) is 4.79 Å². The molecule has 0 aliphatic heterocycles. The molecule has 0 aliphatic carbocycles. The van der Waals surface area contributed by atoms with Crippen molar-refractivity contribution in [3.05, 3.63) is 52.6 Å². The number of carbonyl (C=O) groups excluding carboxylic acids is 1. The van der Waals surface area contributed by atoms with E-state index in [-0.39, 0.29) is 36.8 Å². The average molecular weight is 467 g/mol. The van der Waals surface area contributed by atoms with Crippen LogP contribution in [0.1, 0.15) is 24.2 Å². The number of rotatable bonds is 7. The van der Waals surface area contributed by atoms with E-state index in [1.165, 1.54) is 11.8 Å². The van der Waals surface area contributed by atoms with Crippen LogP contribution in [0.3, 0.4) is 0 Å². The van der Waals surface area contributed by atoms with Crippen LogP contribution in [0.5, 0.6) is 0 Å². The maximum atomic E-state index is 12.4. The molecule has 0 saturated heterocycles. The number of nitrogens with zero attached hydrogens (tertiary/aromatic N) is 1. The third kappa shape index (κ3) is 7.96. The highest BCUT2D eigenvalue weighted by Gasteiger charge is 2.13. The number of pyridine rings is 1. The number of nitrogens with one attached hydrogen (secondary N) is 2. The van der Waals surface area contributed by atoms with E-state index in [4.69, 9.17) is 0 Å². The summed E-state index contributed by atoms with van der Waals surface area (Å²) in [5.41, 5.74) is 0.672. The molecule has 1 amide bonds. The number of likely N-dealkylation sites (N-methyl/N-ethyl adjacent to an activating group) is 1. The standard InChI is InChI=1S/C17H20BrN3OS.2ClH/c1-3-19-12(2)10-21-17(22)14-6-4-5-7-15(14)23-16-9-8-13(18)11-20-16;;/h4-9,11-12,19H,3,10H2,1-2H3,(H,21,22);2*1H/t12-;;/m1../s1. The topological polar surface area (TPSA) is 54.0 Å². The number of hydrogen-bond acceptors (Lipinski definition) is 4. The summed E-state index contributed by atoms with van der Waals surface area (Å²) in [5.74, 6) is -0.0602. The van der Waals surface area contributed by atoms with Gasteiger partial charge < -0.3 is 10.6 Å². The van der Waals surface area contributed by atoms with Crippen LogP contribution in [0.2, 0.25) is 0 Å². The highest BCUT2D eigenvalue weighted by Crippen LogP contribution is 2.29. The first-order valence-electron chi connectivity index (χ1n) is 7.50. The Morgan fingerprint density at radius 2 is 1.96 bits per heavy atom. The third-order valence-electron chi connectivity index (χ3n) is 3.17. The molecule has 0 saturated carbocycles. The molecule has 2 rings (SSSR count). The van der Waals surface area contributed by atoms with Crippen molar-refractivity contribution in [2.75, 3.05) is 13.1 Å². The van der Waals surface area contributed by atoms with Crippen molar-refractivity contribution in [1.82, 2.24) is 15.6 Å². The maximum Gasteiger partial charge on any atom is 0.252 e. The van der Waals surface area contributed by atoms with Crippen LogP contribution in [0.25, 0.3) is 0 Å². The van der Waals surface area contributed by atoms with Gasteiger partial charge in [-0.1, -0.05) is 30.8 Å². The second-order valence-electron chi connectivity index (χ2n) is 5.08. The molecule has 0 spiro atoms. The van der Waals surface area contributed by atoms with Crippen molar-refractivity contribution >= 4 is 58.4 Å². The summed E-state index contributed by atoms with van der Waals surface area (Å²) in [7, 11) is 0. The zero-order valence-corrected chi connectivity index (χ0v) is 18.0. The van der Waals surface area contributed by atoms with Crippen LogP contribution in [-0.2, 0) is 0 Å². The van der Waals surface area contributed by atoms with Crippen LogP contribution < -0.4 is 10.6 Å². The van der Waals surface area contributed by atoms with Gasteiger partial charge in [-0.25, -0.2) is 4.98 Å². The number of aromatic nitrogens is 1. The number of carbonyl (C=O) groups is 1. The van der Waals surface area contributed by atoms with E-state index in [1.807, 2.05) is 36.4 Å². The van der Waals surface area contributed by atoms with E-state index in [0.717, 1.165) is 20.9 Å². The molecular weight excluding hydrogens is 445 g/mol. The Morgan fingerprint density at radius 1 is 1.24 bits per heavy atom. The molecule has 4 nitrogen and oxygen atoms in total. The van der Waals surface area contributed by atoms with E-state index in [9.17, 15) is 4.79 Å². The van der Waals surface area contributed by atoms with Gasteiger partial charge >= 0.3 is 0 Å². The second-order valence-corrected chi connectivity index (χ2v) is 7.06. The lowest BCUT2D eigenvalue weighted by molar-refractivity contribution is 0.0947. The molecule has 0 bridgehead atoms. The van der Waals surface area contributed by atoms with Crippen molar-refractivity contribution in [3.8, 4) is 0 Å². The van der Waals surface area contributed by atoms with Gasteiger partial charge in [0.05, 0.1) is 5.56 Å². The molecule has 25 heavy (non-hydrogen) atoms. The minimum Gasteiger partial charge on any atom is -0.350 e. The molecule has 0 fully saturated rings. The van der Waals surface area contributed by atoms with Gasteiger partial charge in [0.2, 0.25) is 0 Å². The zero-order chi connectivity index (χ0) is 16.7. The molecule has 0 radical (unpaired) electrons.